The summed E-state index contributed by atoms with van der Waals surface area (Å²) in [6.07, 6.45) is 7.12. The molecule has 12 heteroatoms. The molecule has 0 bridgehead atoms. The molecule has 48 heavy (non-hydrogen) atoms. The van der Waals surface area contributed by atoms with Crippen molar-refractivity contribution in [2.45, 2.75) is 55.8 Å². The van der Waals surface area contributed by atoms with Crippen LogP contribution in [0.1, 0.15) is 49.4 Å². The van der Waals surface area contributed by atoms with Gasteiger partial charge in [0.15, 0.2) is 11.5 Å². The first kappa shape index (κ1) is 32.9. The standard InChI is InChI=1S/C36H39FN6O5/c1-41-21-18-39-30(41)13-15-36(47-2)14-12-28(29(22-36)25-6-4-3-5-7-25)33(44)42-19-16-35(46,17-20-42)23-43-24-40-32(31(38)34(43)45)48-27-10-8-26(37)9-11-27/h3-11,18,21,24,28-29,46H,12,14,16-17,19-20,22-23,38H2,1-2H3/t28-,29+,36+/m1/s1. The summed E-state index contributed by atoms with van der Waals surface area (Å²) in [6.45, 7) is 0.638. The number of nitrogens with zero attached hydrogens (tertiary/aromatic N) is 5. The molecular weight excluding hydrogens is 615 g/mol. The van der Waals surface area contributed by atoms with E-state index in [9.17, 15) is 19.1 Å². The van der Waals surface area contributed by atoms with Gasteiger partial charge in [0.25, 0.3) is 5.56 Å². The number of ether oxygens (including phenoxy) is 2. The monoisotopic (exact) mass is 654 g/mol. The number of halogens is 1. The van der Waals surface area contributed by atoms with Crippen molar-refractivity contribution < 1.29 is 23.8 Å². The molecule has 1 aliphatic heterocycles. The van der Waals surface area contributed by atoms with Crippen LogP contribution in [-0.4, -0.2) is 66.4 Å². The second kappa shape index (κ2) is 13.6. The summed E-state index contributed by atoms with van der Waals surface area (Å²) >= 11 is 0. The summed E-state index contributed by atoms with van der Waals surface area (Å²) in [7, 11) is 3.56. The van der Waals surface area contributed by atoms with Crippen molar-refractivity contribution in [1.82, 2.24) is 24.0 Å². The third-order valence-corrected chi connectivity index (χ3v) is 9.59. The third-order valence-electron chi connectivity index (χ3n) is 9.59. The largest absolute Gasteiger partial charge is 0.437 e. The van der Waals surface area contributed by atoms with Crippen LogP contribution in [0.15, 0.2) is 78.1 Å². The predicted octanol–water partition coefficient (Wildman–Crippen LogP) is 3.86. The van der Waals surface area contributed by atoms with Crippen LogP contribution < -0.4 is 16.0 Å². The number of imidazole rings is 1. The van der Waals surface area contributed by atoms with Gasteiger partial charge in [0.1, 0.15) is 23.5 Å². The van der Waals surface area contributed by atoms with Crippen LogP contribution in [0.5, 0.6) is 11.6 Å². The van der Waals surface area contributed by atoms with Gasteiger partial charge in [-0.1, -0.05) is 36.3 Å². The first-order valence-electron chi connectivity index (χ1n) is 16.0. The van der Waals surface area contributed by atoms with Gasteiger partial charge in [-0.25, -0.2) is 14.4 Å². The number of likely N-dealkylation sites (tertiary alicyclic amines) is 1. The molecule has 2 fully saturated rings. The number of amides is 1. The zero-order valence-electron chi connectivity index (χ0n) is 27.0. The highest BCUT2D eigenvalue weighted by atomic mass is 19.1. The average molecular weight is 655 g/mol. The number of hydrogen-bond donors (Lipinski definition) is 2. The van der Waals surface area contributed by atoms with Crippen LogP contribution in [0.2, 0.25) is 0 Å². The Kier molecular flexibility index (Phi) is 9.35. The highest BCUT2D eigenvalue weighted by Crippen LogP contribution is 2.45. The molecule has 0 unspecified atom stereocenters. The van der Waals surface area contributed by atoms with Crippen molar-refractivity contribution >= 4 is 11.6 Å². The van der Waals surface area contributed by atoms with E-state index in [1.54, 1.807) is 13.3 Å². The number of methoxy groups -OCH3 is 1. The summed E-state index contributed by atoms with van der Waals surface area (Å²) in [5.41, 5.74) is 4.34. The normalized spacial score (nSPS) is 22.0. The Morgan fingerprint density at radius 3 is 2.50 bits per heavy atom. The molecule has 3 N–H and O–H groups in total. The Morgan fingerprint density at radius 2 is 1.83 bits per heavy atom. The van der Waals surface area contributed by atoms with Crippen LogP contribution in [0.3, 0.4) is 0 Å². The molecular formula is C36H39FN6O5. The summed E-state index contributed by atoms with van der Waals surface area (Å²) < 4.78 is 28.0. The van der Waals surface area contributed by atoms with Crippen molar-refractivity contribution in [3.05, 3.63) is 101 Å². The van der Waals surface area contributed by atoms with Gasteiger partial charge in [0, 0.05) is 45.6 Å². The predicted molar refractivity (Wildman–Crippen MR) is 176 cm³/mol. The number of carbonyl (C=O) groups is 1. The fourth-order valence-corrected chi connectivity index (χ4v) is 6.69. The first-order chi connectivity index (χ1) is 23.1. The molecule has 2 aliphatic rings. The SMILES string of the molecule is CO[C@]1(C#Cc2nccn2C)CC[C@@H](C(=O)N2CCC(O)(Cn3cnc(Oc4ccc(F)cc4)c(N)c3=O)CC2)[C@H](c2ccccc2)C1. The van der Waals surface area contributed by atoms with Crippen LogP contribution >= 0.6 is 0 Å². The molecule has 3 atom stereocenters. The number of rotatable bonds is 7. The number of aryl methyl sites for hydroxylation is 1. The van der Waals surface area contributed by atoms with E-state index < -0.39 is 22.6 Å². The molecule has 1 amide bonds. The number of hydrogen-bond acceptors (Lipinski definition) is 8. The van der Waals surface area contributed by atoms with Crippen LogP contribution in [-0.2, 0) is 23.1 Å². The maximum atomic E-state index is 14.1. The second-order valence-electron chi connectivity index (χ2n) is 12.7. The zero-order chi connectivity index (χ0) is 33.9. The summed E-state index contributed by atoms with van der Waals surface area (Å²) in [4.78, 5) is 37.5. The number of piperidine rings is 1. The Morgan fingerprint density at radius 1 is 1.10 bits per heavy atom. The highest BCUT2D eigenvalue weighted by Gasteiger charge is 2.46. The number of aromatic nitrogens is 4. The molecule has 2 aromatic heterocycles. The van der Waals surface area contributed by atoms with Crippen LogP contribution in [0.25, 0.3) is 0 Å². The topological polar surface area (TPSA) is 138 Å². The van der Waals surface area contributed by atoms with Gasteiger partial charge in [0.2, 0.25) is 11.8 Å². The van der Waals surface area contributed by atoms with E-state index in [1.807, 2.05) is 53.0 Å². The van der Waals surface area contributed by atoms with E-state index in [2.05, 4.69) is 21.8 Å². The van der Waals surface area contributed by atoms with Gasteiger partial charge in [-0.3, -0.25) is 14.2 Å². The number of aliphatic hydroxyl groups is 1. The Balaban J connectivity index is 1.14. The minimum atomic E-state index is -1.24. The van der Waals surface area contributed by atoms with Crippen molar-refractivity contribution in [3.8, 4) is 23.5 Å². The zero-order valence-corrected chi connectivity index (χ0v) is 27.0. The van der Waals surface area contributed by atoms with Gasteiger partial charge in [-0.2, -0.15) is 0 Å². The maximum absolute atomic E-state index is 14.1. The lowest BCUT2D eigenvalue weighted by atomic mass is 9.68. The lowest BCUT2D eigenvalue weighted by Gasteiger charge is -2.44. The molecule has 2 aromatic carbocycles. The molecule has 250 valence electrons. The lowest BCUT2D eigenvalue weighted by Crippen LogP contribution is -2.52. The summed E-state index contributed by atoms with van der Waals surface area (Å²) in [5, 5.41) is 11.5. The van der Waals surface area contributed by atoms with E-state index in [1.165, 1.54) is 35.2 Å². The molecule has 0 spiro atoms. The molecule has 1 saturated heterocycles. The molecule has 0 radical (unpaired) electrons. The second-order valence-corrected chi connectivity index (χ2v) is 12.7. The van der Waals surface area contributed by atoms with E-state index in [0.717, 1.165) is 5.56 Å². The number of benzene rings is 2. The van der Waals surface area contributed by atoms with Crippen molar-refractivity contribution in [1.29, 1.82) is 0 Å². The number of anilines is 1. The number of nitrogens with two attached hydrogens (primary N) is 1. The molecule has 11 nitrogen and oxygen atoms in total. The lowest BCUT2D eigenvalue weighted by molar-refractivity contribution is -0.143. The van der Waals surface area contributed by atoms with Gasteiger partial charge < -0.3 is 29.8 Å². The third kappa shape index (κ3) is 6.98. The Labute approximate surface area is 278 Å². The minimum Gasteiger partial charge on any atom is -0.437 e. The maximum Gasteiger partial charge on any atom is 0.280 e. The molecule has 4 aromatic rings. The number of nitrogen functional groups attached to an aromatic ring is 1. The highest BCUT2D eigenvalue weighted by molar-refractivity contribution is 5.80. The van der Waals surface area contributed by atoms with Crippen LogP contribution in [0, 0.1) is 23.6 Å². The Hall–Kier alpha value is -4.99. The van der Waals surface area contributed by atoms with E-state index in [0.29, 0.717) is 38.2 Å². The van der Waals surface area contributed by atoms with Crippen molar-refractivity contribution in [2.75, 3.05) is 25.9 Å². The smallest absolute Gasteiger partial charge is 0.280 e. The molecule has 6 rings (SSSR count). The fraction of sp³-hybridized carbons (Fsp3) is 0.389. The van der Waals surface area contributed by atoms with E-state index >= 15 is 0 Å². The van der Waals surface area contributed by atoms with Crippen LogP contribution in [0.4, 0.5) is 10.1 Å². The fourth-order valence-electron chi connectivity index (χ4n) is 6.69. The van der Waals surface area contributed by atoms with Gasteiger partial charge in [-0.05, 0) is 73.8 Å². The molecule has 1 saturated carbocycles. The summed E-state index contributed by atoms with van der Waals surface area (Å²) in [6, 6.07) is 15.3. The molecule has 3 heterocycles. The average Bonchev–Trinajstić information content (AvgIpc) is 3.52. The van der Waals surface area contributed by atoms with Gasteiger partial charge in [-0.15, -0.1) is 0 Å². The Bertz CT molecular complexity index is 1870. The number of carbonyl (C=O) groups excluding carboxylic acids is 1. The van der Waals surface area contributed by atoms with Crippen molar-refractivity contribution in [2.24, 2.45) is 13.0 Å². The summed E-state index contributed by atoms with van der Waals surface area (Å²) in [5.74, 6) is 6.58. The van der Waals surface area contributed by atoms with E-state index in [4.69, 9.17) is 15.2 Å². The van der Waals surface area contributed by atoms with Gasteiger partial charge in [0.05, 0.1) is 12.1 Å². The van der Waals surface area contributed by atoms with Gasteiger partial charge >= 0.3 is 0 Å². The first-order valence-corrected chi connectivity index (χ1v) is 16.0. The minimum absolute atomic E-state index is 0.0387. The molecule has 1 aliphatic carbocycles. The van der Waals surface area contributed by atoms with E-state index in [-0.39, 0.29) is 54.4 Å². The van der Waals surface area contributed by atoms with Crippen molar-refractivity contribution in [3.63, 3.8) is 0 Å². The quantitative estimate of drug-likeness (QED) is 0.287.